The first-order chi connectivity index (χ1) is 5.95. The van der Waals surface area contributed by atoms with Crippen LogP contribution in [0.2, 0.25) is 19.6 Å². The summed E-state index contributed by atoms with van der Waals surface area (Å²) in [6.45, 7) is 9.47. The van der Waals surface area contributed by atoms with Crippen molar-refractivity contribution in [1.82, 2.24) is 0 Å². The number of hydrogen-bond acceptors (Lipinski definition) is 0. The predicted molar refractivity (Wildman–Crippen MR) is 74.2 cm³/mol. The second kappa shape index (κ2) is 7.04. The average molecular weight is 310 g/mol. The van der Waals surface area contributed by atoms with Crippen molar-refractivity contribution in [3.05, 3.63) is 9.28 Å². The van der Waals surface area contributed by atoms with Crippen molar-refractivity contribution in [2.45, 2.75) is 58.7 Å². The molecule has 0 amide bonds. The summed E-state index contributed by atoms with van der Waals surface area (Å²) in [6.07, 6.45) is 6.84. The van der Waals surface area contributed by atoms with Gasteiger partial charge in [-0.15, -0.1) is 0 Å². The Labute approximate surface area is 98.3 Å². The van der Waals surface area contributed by atoms with Crippen LogP contribution in [0.4, 0.5) is 0 Å². The Bertz CT molecular complexity index is 156. The predicted octanol–water partition coefficient (Wildman–Crippen LogP) is 5.15. The van der Waals surface area contributed by atoms with E-state index in [9.17, 15) is 0 Å². The third-order valence-corrected chi connectivity index (χ3v) is 4.51. The Morgan fingerprint density at radius 1 is 1.15 bits per heavy atom. The molecular weight excluding hydrogens is 287 g/mol. The van der Waals surface area contributed by atoms with Gasteiger partial charge in [0.2, 0.25) is 0 Å². The molecule has 0 saturated heterocycles. The van der Waals surface area contributed by atoms with Gasteiger partial charge in [0.05, 0.1) is 8.07 Å². The summed E-state index contributed by atoms with van der Waals surface area (Å²) in [7, 11) is -0.958. The molecule has 0 radical (unpaired) electrons. The fourth-order valence-corrected chi connectivity index (χ4v) is 5.53. The van der Waals surface area contributed by atoms with Gasteiger partial charge in [0.1, 0.15) is 0 Å². The number of allylic oxidation sites excluding steroid dienone is 1. The molecular formula is C11H23ISi. The number of unbranched alkanes of at least 4 members (excludes halogenated alkanes) is 3. The lowest BCUT2D eigenvalue weighted by Gasteiger charge is -2.10. The number of hydrogen-bond donors (Lipinski definition) is 0. The van der Waals surface area contributed by atoms with E-state index in [1.165, 1.54) is 32.1 Å². The van der Waals surface area contributed by atoms with E-state index in [-0.39, 0.29) is 0 Å². The molecule has 0 spiro atoms. The highest BCUT2D eigenvalue weighted by molar-refractivity contribution is 14.1. The number of halogens is 1. The van der Waals surface area contributed by atoms with E-state index in [1.807, 2.05) is 0 Å². The molecule has 0 rings (SSSR count). The topological polar surface area (TPSA) is 0 Å². The van der Waals surface area contributed by atoms with Gasteiger partial charge in [-0.05, 0) is 39.0 Å². The minimum absolute atomic E-state index is 0.958. The molecule has 0 saturated carbocycles. The normalized spacial score (nSPS) is 13.5. The van der Waals surface area contributed by atoms with Gasteiger partial charge in [0.15, 0.2) is 0 Å². The highest BCUT2D eigenvalue weighted by Gasteiger charge is 2.09. The lowest BCUT2D eigenvalue weighted by Crippen LogP contribution is -2.16. The van der Waals surface area contributed by atoms with Gasteiger partial charge in [-0.3, -0.25) is 0 Å². The highest BCUT2D eigenvalue weighted by atomic mass is 127. The van der Waals surface area contributed by atoms with Crippen LogP contribution in [-0.4, -0.2) is 8.07 Å². The van der Waals surface area contributed by atoms with Gasteiger partial charge in [0, 0.05) is 0 Å². The summed E-state index contributed by atoms with van der Waals surface area (Å²) in [4.78, 5) is 0. The summed E-state index contributed by atoms with van der Waals surface area (Å²) in [5, 5.41) is 0. The molecule has 0 aromatic rings. The zero-order chi connectivity index (χ0) is 10.3. The highest BCUT2D eigenvalue weighted by Crippen LogP contribution is 2.19. The summed E-state index contributed by atoms with van der Waals surface area (Å²) >= 11 is 2.51. The van der Waals surface area contributed by atoms with Crippen molar-refractivity contribution in [2.24, 2.45) is 0 Å². The molecule has 13 heavy (non-hydrogen) atoms. The zero-order valence-electron chi connectivity index (χ0n) is 9.49. The molecule has 0 fully saturated rings. The van der Waals surface area contributed by atoms with E-state index in [0.717, 1.165) is 0 Å². The van der Waals surface area contributed by atoms with Gasteiger partial charge in [0.25, 0.3) is 0 Å². The summed E-state index contributed by atoms with van der Waals surface area (Å²) in [5.74, 6) is 0. The monoisotopic (exact) mass is 310 g/mol. The van der Waals surface area contributed by atoms with Gasteiger partial charge < -0.3 is 0 Å². The molecule has 0 aliphatic carbocycles. The molecule has 0 aromatic heterocycles. The summed E-state index contributed by atoms with van der Waals surface area (Å²) in [5.41, 5.74) is 2.53. The largest absolute Gasteiger partial charge is 0.0859 e. The van der Waals surface area contributed by atoms with Crippen molar-refractivity contribution >= 4 is 30.7 Å². The lowest BCUT2D eigenvalue weighted by molar-refractivity contribution is 0.673. The maximum atomic E-state index is 2.53. The van der Waals surface area contributed by atoms with Crippen LogP contribution >= 0.6 is 22.6 Å². The molecule has 0 unspecified atom stereocenters. The lowest BCUT2D eigenvalue weighted by atomic mass is 10.2. The molecule has 0 aliphatic rings. The molecule has 0 heterocycles. The van der Waals surface area contributed by atoms with Crippen molar-refractivity contribution in [1.29, 1.82) is 0 Å². The molecule has 0 aliphatic heterocycles. The molecule has 2 heteroatoms. The summed E-state index contributed by atoms with van der Waals surface area (Å²) in [6, 6.07) is 0. The van der Waals surface area contributed by atoms with Gasteiger partial charge in [-0.2, -0.15) is 0 Å². The Kier molecular flexibility index (Phi) is 7.41. The SMILES string of the molecule is CCCCCCC(I)=C[Si](C)(C)C. The quantitative estimate of drug-likeness (QED) is 0.361. The van der Waals surface area contributed by atoms with Crippen LogP contribution in [0.25, 0.3) is 0 Å². The van der Waals surface area contributed by atoms with E-state index in [0.29, 0.717) is 0 Å². The van der Waals surface area contributed by atoms with Crippen molar-refractivity contribution in [3.8, 4) is 0 Å². The number of rotatable bonds is 6. The maximum absolute atomic E-state index is 2.53. The van der Waals surface area contributed by atoms with Crippen LogP contribution in [0.1, 0.15) is 39.0 Å². The molecule has 78 valence electrons. The minimum atomic E-state index is -0.958. The van der Waals surface area contributed by atoms with Crippen molar-refractivity contribution in [3.63, 3.8) is 0 Å². The van der Waals surface area contributed by atoms with Crippen LogP contribution in [-0.2, 0) is 0 Å². The van der Waals surface area contributed by atoms with Crippen molar-refractivity contribution < 1.29 is 0 Å². The third-order valence-electron chi connectivity index (χ3n) is 1.86. The van der Waals surface area contributed by atoms with E-state index in [1.54, 1.807) is 3.58 Å². The first-order valence-corrected chi connectivity index (χ1v) is 9.98. The Morgan fingerprint density at radius 2 is 1.77 bits per heavy atom. The first-order valence-electron chi connectivity index (χ1n) is 5.33. The van der Waals surface area contributed by atoms with E-state index in [2.05, 4.69) is 54.9 Å². The molecule has 0 atom stereocenters. The van der Waals surface area contributed by atoms with Crippen LogP contribution in [0.15, 0.2) is 9.28 Å². The van der Waals surface area contributed by atoms with E-state index >= 15 is 0 Å². The van der Waals surface area contributed by atoms with Gasteiger partial charge >= 0.3 is 0 Å². The second-order valence-corrected chi connectivity index (χ2v) is 11.2. The van der Waals surface area contributed by atoms with Crippen LogP contribution in [0, 0.1) is 0 Å². The van der Waals surface area contributed by atoms with E-state index < -0.39 is 8.07 Å². The molecule has 0 bridgehead atoms. The Hall–Kier alpha value is 0.687. The minimum Gasteiger partial charge on any atom is -0.0859 e. The van der Waals surface area contributed by atoms with Crippen LogP contribution < -0.4 is 0 Å². The zero-order valence-corrected chi connectivity index (χ0v) is 12.6. The maximum Gasteiger partial charge on any atom is 0.0696 e. The van der Waals surface area contributed by atoms with Crippen LogP contribution in [0.3, 0.4) is 0 Å². The fraction of sp³-hybridized carbons (Fsp3) is 0.818. The van der Waals surface area contributed by atoms with E-state index in [4.69, 9.17) is 0 Å². The smallest absolute Gasteiger partial charge is 0.0696 e. The van der Waals surface area contributed by atoms with Gasteiger partial charge in [-0.1, -0.05) is 51.5 Å². The Morgan fingerprint density at radius 3 is 2.23 bits per heavy atom. The fourth-order valence-electron chi connectivity index (χ4n) is 1.26. The third kappa shape index (κ3) is 10.6. The van der Waals surface area contributed by atoms with Gasteiger partial charge in [-0.25, -0.2) is 0 Å². The standard InChI is InChI=1S/C11H23ISi/c1-5-6-7-8-9-11(12)10-13(2,3)4/h10H,5-9H2,1-4H3. The molecule has 0 aromatic carbocycles. The first kappa shape index (κ1) is 13.7. The average Bonchev–Trinajstić information content (AvgIpc) is 1.94. The van der Waals surface area contributed by atoms with Crippen molar-refractivity contribution in [2.75, 3.05) is 0 Å². The Balaban J connectivity index is 3.62. The van der Waals surface area contributed by atoms with Crippen LogP contribution in [0.5, 0.6) is 0 Å². The molecule has 0 nitrogen and oxygen atoms in total. The second-order valence-electron chi connectivity index (χ2n) is 4.77. The molecule has 0 N–H and O–H groups in total. The summed E-state index contributed by atoms with van der Waals surface area (Å²) < 4.78 is 1.59.